The fourth-order valence-corrected chi connectivity index (χ4v) is 6.62. The number of anilines is 2. The summed E-state index contributed by atoms with van der Waals surface area (Å²) in [5.74, 6) is -1.05. The van der Waals surface area contributed by atoms with Crippen molar-refractivity contribution in [3.8, 4) is 0 Å². The predicted octanol–water partition coefficient (Wildman–Crippen LogP) is 3.61. The number of nitrogens with zero attached hydrogens (tertiary/aromatic N) is 1. The first-order valence-corrected chi connectivity index (χ1v) is 13.7. The zero-order valence-corrected chi connectivity index (χ0v) is 21.4. The Morgan fingerprint density at radius 1 is 1.17 bits per heavy atom. The highest BCUT2D eigenvalue weighted by molar-refractivity contribution is 7.86. The minimum atomic E-state index is -4.19. The Balaban J connectivity index is 1.43. The molecule has 194 valence electrons. The number of primary amides is 1. The van der Waals surface area contributed by atoms with Gasteiger partial charge in [0.25, 0.3) is 16.0 Å². The molecule has 1 unspecified atom stereocenters. The van der Waals surface area contributed by atoms with E-state index in [0.717, 1.165) is 22.5 Å². The molecule has 2 aromatic rings. The predicted molar refractivity (Wildman–Crippen MR) is 134 cm³/mol. The molecule has 1 saturated heterocycles. The number of ether oxygens (including phenoxy) is 1. The Morgan fingerprint density at radius 2 is 1.89 bits per heavy atom. The number of halogens is 1. The van der Waals surface area contributed by atoms with Crippen molar-refractivity contribution in [2.45, 2.75) is 61.5 Å². The van der Waals surface area contributed by atoms with E-state index in [1.807, 2.05) is 19.9 Å². The average Bonchev–Trinajstić information content (AvgIpc) is 2.80. The second-order valence-corrected chi connectivity index (χ2v) is 12.1. The third-order valence-electron chi connectivity index (χ3n) is 7.62. The van der Waals surface area contributed by atoms with E-state index in [-0.39, 0.29) is 16.8 Å². The van der Waals surface area contributed by atoms with Gasteiger partial charge < -0.3 is 20.7 Å². The molecule has 2 fully saturated rings. The summed E-state index contributed by atoms with van der Waals surface area (Å²) in [6, 6.07) is 9.74. The van der Waals surface area contributed by atoms with Crippen molar-refractivity contribution >= 4 is 27.4 Å². The van der Waals surface area contributed by atoms with Gasteiger partial charge in [-0.25, -0.2) is 8.57 Å². The molecule has 8 nitrogen and oxygen atoms in total. The van der Waals surface area contributed by atoms with E-state index in [9.17, 15) is 17.6 Å². The van der Waals surface area contributed by atoms with Gasteiger partial charge in [-0.05, 0) is 78.6 Å². The van der Waals surface area contributed by atoms with Crippen LogP contribution in [0.3, 0.4) is 0 Å². The van der Waals surface area contributed by atoms with E-state index in [4.69, 9.17) is 14.7 Å². The molecule has 10 heteroatoms. The number of carbonyl (C=O) groups is 1. The molecule has 0 radical (unpaired) electrons. The van der Waals surface area contributed by atoms with Crippen LogP contribution >= 0.6 is 0 Å². The van der Waals surface area contributed by atoms with Crippen molar-refractivity contribution in [1.82, 2.24) is 0 Å². The maximum Gasteiger partial charge on any atom is 0.298 e. The maximum atomic E-state index is 14.6. The standard InChI is InChI=1S/C26H32FN3O5S/c1-25(2)16-23(17-12-18(27)14-19(13-17)30-8-10-34-11-9-30)29-22-5-4-20(15-21(22)25)36(32,33)35-26(24(28)31)6-3-7-26/h4-5,12-15,23,29H,3,6-11,16H2,1-2H3,(H2,28,31). The van der Waals surface area contributed by atoms with Crippen LogP contribution in [0.25, 0.3) is 0 Å². The van der Waals surface area contributed by atoms with E-state index in [0.29, 0.717) is 52.0 Å². The highest BCUT2D eigenvalue weighted by Gasteiger charge is 2.48. The average molecular weight is 518 g/mol. The van der Waals surface area contributed by atoms with Gasteiger partial charge in [0.05, 0.1) is 24.2 Å². The van der Waals surface area contributed by atoms with Gasteiger partial charge in [-0.15, -0.1) is 0 Å². The molecule has 5 rings (SSSR count). The number of fused-ring (bicyclic) bond motifs is 1. The first kappa shape index (κ1) is 25.0. The molecule has 1 saturated carbocycles. The first-order chi connectivity index (χ1) is 17.0. The minimum Gasteiger partial charge on any atom is -0.378 e. The Hall–Kier alpha value is -2.69. The SMILES string of the molecule is CC1(C)CC(c2cc(F)cc(N3CCOCC3)c2)Nc2ccc(S(=O)(=O)OC3(C(N)=O)CCC3)cc21. The smallest absolute Gasteiger partial charge is 0.298 e. The lowest BCUT2D eigenvalue weighted by Crippen LogP contribution is -2.52. The van der Waals surface area contributed by atoms with Crippen LogP contribution < -0.4 is 16.0 Å². The van der Waals surface area contributed by atoms with Crippen LogP contribution in [0.15, 0.2) is 41.3 Å². The summed E-state index contributed by atoms with van der Waals surface area (Å²) in [6.45, 7) is 6.73. The van der Waals surface area contributed by atoms with E-state index >= 15 is 0 Å². The first-order valence-electron chi connectivity index (χ1n) is 12.3. The Bertz CT molecular complexity index is 1290. The van der Waals surface area contributed by atoms with E-state index in [2.05, 4.69) is 10.2 Å². The lowest BCUT2D eigenvalue weighted by molar-refractivity contribution is -0.140. The third-order valence-corrected chi connectivity index (χ3v) is 8.99. The van der Waals surface area contributed by atoms with Crippen LogP contribution in [0.2, 0.25) is 0 Å². The minimum absolute atomic E-state index is 0.0116. The van der Waals surface area contributed by atoms with Crippen molar-refractivity contribution < 1.29 is 26.5 Å². The zero-order valence-electron chi connectivity index (χ0n) is 20.6. The quantitative estimate of drug-likeness (QED) is 0.563. The molecule has 2 heterocycles. The molecule has 2 aromatic carbocycles. The summed E-state index contributed by atoms with van der Waals surface area (Å²) < 4.78 is 51.5. The van der Waals surface area contributed by atoms with Gasteiger partial charge in [0.15, 0.2) is 5.60 Å². The number of carbonyl (C=O) groups excluding carboxylic acids is 1. The van der Waals surface area contributed by atoms with Gasteiger partial charge >= 0.3 is 0 Å². The number of nitrogens with two attached hydrogens (primary N) is 1. The van der Waals surface area contributed by atoms with Crippen molar-refractivity contribution in [3.05, 3.63) is 53.3 Å². The lowest BCUT2D eigenvalue weighted by atomic mass is 9.74. The largest absolute Gasteiger partial charge is 0.378 e. The number of amides is 1. The summed E-state index contributed by atoms with van der Waals surface area (Å²) in [5, 5.41) is 3.47. The van der Waals surface area contributed by atoms with E-state index < -0.39 is 27.0 Å². The van der Waals surface area contributed by atoms with E-state index in [1.54, 1.807) is 24.3 Å². The Morgan fingerprint density at radius 3 is 2.53 bits per heavy atom. The van der Waals surface area contributed by atoms with Gasteiger partial charge in [-0.2, -0.15) is 8.42 Å². The lowest BCUT2D eigenvalue weighted by Gasteiger charge is -2.40. The maximum absolute atomic E-state index is 14.6. The summed E-state index contributed by atoms with van der Waals surface area (Å²) in [6.07, 6.45) is 1.90. The normalized spacial score (nSPS) is 22.8. The van der Waals surface area contributed by atoms with Crippen molar-refractivity contribution in [2.24, 2.45) is 5.73 Å². The molecule has 3 aliphatic rings. The van der Waals surface area contributed by atoms with Crippen LogP contribution in [-0.2, 0) is 29.2 Å². The van der Waals surface area contributed by atoms with Crippen LogP contribution in [0.1, 0.15) is 56.7 Å². The number of benzene rings is 2. The molecular weight excluding hydrogens is 485 g/mol. The molecule has 0 bridgehead atoms. The fraction of sp³-hybridized carbons (Fsp3) is 0.500. The summed E-state index contributed by atoms with van der Waals surface area (Å²) in [4.78, 5) is 14.0. The summed E-state index contributed by atoms with van der Waals surface area (Å²) >= 11 is 0. The van der Waals surface area contributed by atoms with Crippen LogP contribution in [-0.4, -0.2) is 46.2 Å². The topological polar surface area (TPSA) is 111 Å². The summed E-state index contributed by atoms with van der Waals surface area (Å²) in [5.41, 5.74) is 6.83. The molecule has 2 aliphatic heterocycles. The second kappa shape index (κ2) is 9.00. The summed E-state index contributed by atoms with van der Waals surface area (Å²) in [7, 11) is -4.19. The second-order valence-electron chi connectivity index (χ2n) is 10.6. The van der Waals surface area contributed by atoms with Gasteiger partial charge in [-0.1, -0.05) is 13.8 Å². The van der Waals surface area contributed by atoms with Crippen molar-refractivity contribution in [2.75, 3.05) is 36.5 Å². The number of hydrogen-bond donors (Lipinski definition) is 2. The molecule has 0 spiro atoms. The monoisotopic (exact) mass is 517 g/mol. The molecule has 1 amide bonds. The van der Waals surface area contributed by atoms with Gasteiger partial charge in [0.1, 0.15) is 5.82 Å². The number of nitrogens with one attached hydrogen (secondary N) is 1. The van der Waals surface area contributed by atoms with Crippen LogP contribution in [0.5, 0.6) is 0 Å². The Kier molecular flexibility index (Phi) is 6.25. The van der Waals surface area contributed by atoms with Crippen molar-refractivity contribution in [3.63, 3.8) is 0 Å². The van der Waals surface area contributed by atoms with Gasteiger partial charge in [0.2, 0.25) is 0 Å². The molecule has 36 heavy (non-hydrogen) atoms. The van der Waals surface area contributed by atoms with Gasteiger partial charge in [0, 0.05) is 24.5 Å². The highest BCUT2D eigenvalue weighted by Crippen LogP contribution is 2.46. The highest BCUT2D eigenvalue weighted by atomic mass is 32.2. The van der Waals surface area contributed by atoms with Gasteiger partial charge in [-0.3, -0.25) is 4.79 Å². The fourth-order valence-electron chi connectivity index (χ4n) is 5.35. The van der Waals surface area contributed by atoms with E-state index in [1.165, 1.54) is 6.07 Å². The van der Waals surface area contributed by atoms with Crippen molar-refractivity contribution in [1.29, 1.82) is 0 Å². The number of morpholine rings is 1. The Labute approximate surface area is 211 Å². The number of hydrogen-bond acceptors (Lipinski definition) is 7. The molecular formula is C26H32FN3O5S. The molecule has 0 aromatic heterocycles. The zero-order chi connectivity index (χ0) is 25.7. The molecule has 3 N–H and O–H groups in total. The number of rotatable bonds is 6. The van der Waals surface area contributed by atoms with Crippen LogP contribution in [0.4, 0.5) is 15.8 Å². The third kappa shape index (κ3) is 4.57. The molecule has 1 atom stereocenters. The van der Waals surface area contributed by atoms with Crippen LogP contribution in [0, 0.1) is 5.82 Å². The molecule has 1 aliphatic carbocycles.